The predicted octanol–water partition coefficient (Wildman–Crippen LogP) is 1.36. The van der Waals surface area contributed by atoms with Gasteiger partial charge in [0.05, 0.1) is 0 Å². The Morgan fingerprint density at radius 1 is 1.21 bits per heavy atom. The fourth-order valence-electron chi connectivity index (χ4n) is 1.80. The summed E-state index contributed by atoms with van der Waals surface area (Å²) in [5.74, 6) is 1.26. The van der Waals surface area contributed by atoms with Gasteiger partial charge in [-0.2, -0.15) is 0 Å². The molecule has 0 aliphatic heterocycles. The summed E-state index contributed by atoms with van der Waals surface area (Å²) in [7, 11) is 0. The Hall–Kier alpha value is -2.61. The number of hydrogen-bond acceptors (Lipinski definition) is 5. The summed E-state index contributed by atoms with van der Waals surface area (Å²) in [6, 6.07) is 4.26. The van der Waals surface area contributed by atoms with Gasteiger partial charge in [0.2, 0.25) is 17.7 Å². The molecule has 0 N–H and O–H groups in total. The smallest absolute Gasteiger partial charge is 0.308 e. The second-order valence-electron chi connectivity index (χ2n) is 3.88. The van der Waals surface area contributed by atoms with Gasteiger partial charge in [-0.15, -0.1) is 0 Å². The number of ether oxygens (including phenoxy) is 2. The fraction of sp³-hybridized carbons (Fsp3) is 0.214. The van der Waals surface area contributed by atoms with E-state index in [1.54, 1.807) is 0 Å². The van der Waals surface area contributed by atoms with Crippen molar-refractivity contribution in [1.82, 2.24) is 0 Å². The van der Waals surface area contributed by atoms with Crippen LogP contribution in [0.1, 0.15) is 34.6 Å². The van der Waals surface area contributed by atoms with Crippen LogP contribution in [0.15, 0.2) is 18.2 Å². The van der Waals surface area contributed by atoms with Gasteiger partial charge in [-0.25, -0.2) is 0 Å². The molecule has 0 bridgehead atoms. The van der Waals surface area contributed by atoms with Crippen LogP contribution in [0.2, 0.25) is 0 Å². The Labute approximate surface area is 109 Å². The molecule has 5 nitrogen and oxygen atoms in total. The average Bonchev–Trinajstić information content (AvgIpc) is 2.59. The van der Waals surface area contributed by atoms with Crippen LogP contribution in [-0.4, -0.2) is 23.6 Å². The molecule has 0 saturated heterocycles. The van der Waals surface area contributed by atoms with Crippen LogP contribution in [-0.2, 0) is 9.53 Å². The first-order valence-corrected chi connectivity index (χ1v) is 5.53. The van der Waals surface area contributed by atoms with E-state index < -0.39 is 23.6 Å². The molecule has 2 rings (SSSR count). The number of benzene rings is 1. The molecule has 1 atom stereocenters. The second-order valence-corrected chi connectivity index (χ2v) is 3.88. The molecule has 1 aromatic carbocycles. The van der Waals surface area contributed by atoms with E-state index in [4.69, 9.17) is 9.47 Å². The SMILES string of the molecule is CC#COC1C(=O)c2ccc(OC(C)=O)cc2C1=O. The molecule has 19 heavy (non-hydrogen) atoms. The normalized spacial score (nSPS) is 16.4. The molecule has 1 aromatic rings. The standard InChI is InChI=1S/C14H10O5/c1-3-6-18-14-12(16)10-5-4-9(19-8(2)15)7-11(10)13(14)17/h4-5,7,14H,1-2H3. The lowest BCUT2D eigenvalue weighted by Crippen LogP contribution is -2.23. The van der Waals surface area contributed by atoms with Crippen molar-refractivity contribution in [2.24, 2.45) is 0 Å². The molecular formula is C14H10O5. The molecule has 1 aliphatic carbocycles. The highest BCUT2D eigenvalue weighted by atomic mass is 16.5. The summed E-state index contributed by atoms with van der Waals surface area (Å²) < 4.78 is 9.78. The van der Waals surface area contributed by atoms with Crippen LogP contribution < -0.4 is 4.74 Å². The molecule has 5 heteroatoms. The van der Waals surface area contributed by atoms with Crippen molar-refractivity contribution in [3.63, 3.8) is 0 Å². The summed E-state index contributed by atoms with van der Waals surface area (Å²) in [5, 5.41) is 0. The van der Waals surface area contributed by atoms with E-state index in [-0.39, 0.29) is 16.9 Å². The summed E-state index contributed by atoms with van der Waals surface area (Å²) in [6.45, 7) is 2.79. The van der Waals surface area contributed by atoms with Crippen LogP contribution in [0.25, 0.3) is 0 Å². The molecule has 1 aliphatic rings. The molecular weight excluding hydrogens is 248 g/mol. The van der Waals surface area contributed by atoms with Crippen molar-refractivity contribution in [2.75, 3.05) is 0 Å². The number of fused-ring (bicyclic) bond motifs is 1. The Kier molecular flexibility index (Phi) is 3.34. The molecule has 0 saturated carbocycles. The van der Waals surface area contributed by atoms with E-state index in [0.717, 1.165) is 0 Å². The van der Waals surface area contributed by atoms with E-state index in [2.05, 4.69) is 12.0 Å². The number of hydrogen-bond donors (Lipinski definition) is 0. The van der Waals surface area contributed by atoms with Gasteiger partial charge in [0.15, 0.2) is 0 Å². The highest BCUT2D eigenvalue weighted by Crippen LogP contribution is 2.28. The van der Waals surface area contributed by atoms with Gasteiger partial charge >= 0.3 is 5.97 Å². The number of rotatable bonds is 2. The first-order valence-electron chi connectivity index (χ1n) is 5.53. The van der Waals surface area contributed by atoms with Crippen molar-refractivity contribution >= 4 is 17.5 Å². The zero-order valence-corrected chi connectivity index (χ0v) is 10.4. The van der Waals surface area contributed by atoms with Crippen molar-refractivity contribution in [3.8, 4) is 17.8 Å². The van der Waals surface area contributed by atoms with Crippen LogP contribution in [0.5, 0.6) is 5.75 Å². The number of ketones is 2. The van der Waals surface area contributed by atoms with Crippen LogP contribution in [0.3, 0.4) is 0 Å². The van der Waals surface area contributed by atoms with Gasteiger partial charge < -0.3 is 9.47 Å². The number of carbonyl (C=O) groups is 3. The maximum Gasteiger partial charge on any atom is 0.308 e. The van der Waals surface area contributed by atoms with Crippen molar-refractivity contribution in [2.45, 2.75) is 20.0 Å². The zero-order valence-electron chi connectivity index (χ0n) is 10.4. The Morgan fingerprint density at radius 2 is 1.89 bits per heavy atom. The lowest BCUT2D eigenvalue weighted by atomic mass is 10.1. The predicted molar refractivity (Wildman–Crippen MR) is 64.7 cm³/mol. The molecule has 0 radical (unpaired) electrons. The molecule has 0 fully saturated rings. The Morgan fingerprint density at radius 3 is 2.53 bits per heavy atom. The maximum atomic E-state index is 12.0. The lowest BCUT2D eigenvalue weighted by Gasteiger charge is -2.02. The fourth-order valence-corrected chi connectivity index (χ4v) is 1.80. The van der Waals surface area contributed by atoms with Gasteiger partial charge in [-0.05, 0) is 18.2 Å². The van der Waals surface area contributed by atoms with Gasteiger partial charge in [0, 0.05) is 25.0 Å². The summed E-state index contributed by atoms with van der Waals surface area (Å²) in [4.78, 5) is 34.8. The van der Waals surface area contributed by atoms with Crippen molar-refractivity contribution in [3.05, 3.63) is 29.3 Å². The van der Waals surface area contributed by atoms with Crippen molar-refractivity contribution in [1.29, 1.82) is 0 Å². The molecule has 0 spiro atoms. The number of Topliss-reactive ketones (excluding diaryl/α,β-unsaturated/α-hetero) is 2. The minimum absolute atomic E-state index is 0.187. The van der Waals surface area contributed by atoms with Crippen LogP contribution >= 0.6 is 0 Å². The average molecular weight is 258 g/mol. The van der Waals surface area contributed by atoms with Gasteiger partial charge in [-0.1, -0.05) is 5.92 Å². The summed E-state index contributed by atoms with van der Waals surface area (Å²) >= 11 is 0. The number of carbonyl (C=O) groups excluding carboxylic acids is 3. The first kappa shape index (κ1) is 12.8. The second kappa shape index (κ2) is 4.94. The topological polar surface area (TPSA) is 69.7 Å². The molecule has 96 valence electrons. The van der Waals surface area contributed by atoms with Gasteiger partial charge in [-0.3, -0.25) is 14.4 Å². The monoisotopic (exact) mass is 258 g/mol. The van der Waals surface area contributed by atoms with Crippen LogP contribution in [0, 0.1) is 12.0 Å². The van der Waals surface area contributed by atoms with E-state index in [9.17, 15) is 14.4 Å². The van der Waals surface area contributed by atoms with Crippen LogP contribution in [0.4, 0.5) is 0 Å². The minimum Gasteiger partial charge on any atom is -0.427 e. The molecule has 0 heterocycles. The van der Waals surface area contributed by atoms with E-state index in [1.165, 1.54) is 32.0 Å². The first-order chi connectivity index (χ1) is 9.04. The van der Waals surface area contributed by atoms with Crippen molar-refractivity contribution < 1.29 is 23.9 Å². The molecule has 1 unspecified atom stereocenters. The number of esters is 1. The third-order valence-electron chi connectivity index (χ3n) is 2.54. The van der Waals surface area contributed by atoms with Gasteiger partial charge in [0.25, 0.3) is 0 Å². The Balaban J connectivity index is 2.35. The maximum absolute atomic E-state index is 12.0. The highest BCUT2D eigenvalue weighted by molar-refractivity contribution is 6.28. The van der Waals surface area contributed by atoms with E-state index in [1.807, 2.05) is 0 Å². The Bertz CT molecular complexity index is 633. The molecule has 0 aromatic heterocycles. The summed E-state index contributed by atoms with van der Waals surface area (Å²) in [5.41, 5.74) is 0.440. The molecule has 0 amide bonds. The third-order valence-corrected chi connectivity index (χ3v) is 2.54. The largest absolute Gasteiger partial charge is 0.427 e. The lowest BCUT2D eigenvalue weighted by molar-refractivity contribution is -0.131. The highest BCUT2D eigenvalue weighted by Gasteiger charge is 2.40. The quantitative estimate of drug-likeness (QED) is 0.346. The minimum atomic E-state index is -1.23. The summed E-state index contributed by atoms with van der Waals surface area (Å²) in [6.07, 6.45) is 1.03. The van der Waals surface area contributed by atoms with Gasteiger partial charge in [0.1, 0.15) is 11.9 Å². The van der Waals surface area contributed by atoms with E-state index >= 15 is 0 Å². The van der Waals surface area contributed by atoms with E-state index in [0.29, 0.717) is 0 Å². The zero-order chi connectivity index (χ0) is 14.0. The third kappa shape index (κ3) is 2.33.